The van der Waals surface area contributed by atoms with Crippen LogP contribution in [0.4, 0.5) is 4.39 Å². The molecule has 0 fully saturated rings. The van der Waals surface area contributed by atoms with Crippen molar-refractivity contribution in [3.05, 3.63) is 52.4 Å². The molecular formula is C16H18BrFN2O. The molecular weight excluding hydrogens is 335 g/mol. The van der Waals surface area contributed by atoms with Gasteiger partial charge in [-0.2, -0.15) is 0 Å². The monoisotopic (exact) mass is 352 g/mol. The SMILES string of the molecule is CC(C)CNCc1cc(F)cnc1Oc1ccccc1Br. The minimum atomic E-state index is -0.365. The zero-order valence-corrected chi connectivity index (χ0v) is 13.7. The third-order valence-electron chi connectivity index (χ3n) is 2.80. The van der Waals surface area contributed by atoms with Crippen LogP contribution in [0.3, 0.4) is 0 Å². The summed E-state index contributed by atoms with van der Waals surface area (Å²) in [5, 5.41) is 3.27. The molecule has 0 bridgehead atoms. The van der Waals surface area contributed by atoms with Crippen LogP contribution < -0.4 is 10.1 Å². The van der Waals surface area contributed by atoms with E-state index in [0.29, 0.717) is 29.7 Å². The molecule has 112 valence electrons. The first-order chi connectivity index (χ1) is 10.1. The lowest BCUT2D eigenvalue weighted by Crippen LogP contribution is -2.19. The molecule has 0 aliphatic heterocycles. The van der Waals surface area contributed by atoms with Crippen molar-refractivity contribution in [3.63, 3.8) is 0 Å². The van der Waals surface area contributed by atoms with Gasteiger partial charge in [0.05, 0.1) is 10.7 Å². The first-order valence-corrected chi connectivity index (χ1v) is 7.63. The van der Waals surface area contributed by atoms with Gasteiger partial charge in [-0.15, -0.1) is 0 Å². The Balaban J connectivity index is 2.16. The Hall–Kier alpha value is -1.46. The van der Waals surface area contributed by atoms with Gasteiger partial charge >= 0.3 is 0 Å². The summed E-state index contributed by atoms with van der Waals surface area (Å²) in [6, 6.07) is 8.95. The highest BCUT2D eigenvalue weighted by molar-refractivity contribution is 9.10. The highest BCUT2D eigenvalue weighted by Crippen LogP contribution is 2.30. The summed E-state index contributed by atoms with van der Waals surface area (Å²) in [5.74, 6) is 1.23. The third kappa shape index (κ3) is 4.79. The first-order valence-electron chi connectivity index (χ1n) is 6.84. The van der Waals surface area contributed by atoms with Crippen molar-refractivity contribution < 1.29 is 9.13 Å². The Bertz CT molecular complexity index is 605. The molecule has 0 aliphatic carbocycles. The molecule has 0 radical (unpaired) electrons. The van der Waals surface area contributed by atoms with Gasteiger partial charge in [0.2, 0.25) is 5.88 Å². The second-order valence-corrected chi connectivity index (χ2v) is 6.03. The quantitative estimate of drug-likeness (QED) is 0.829. The molecule has 0 spiro atoms. The summed E-state index contributed by atoms with van der Waals surface area (Å²) in [5.41, 5.74) is 0.700. The second kappa shape index (κ2) is 7.52. The molecule has 2 aromatic rings. The molecule has 0 aliphatic rings. The number of rotatable bonds is 6. The van der Waals surface area contributed by atoms with Gasteiger partial charge in [0, 0.05) is 12.1 Å². The molecule has 5 heteroatoms. The maximum absolute atomic E-state index is 13.4. The summed E-state index contributed by atoms with van der Waals surface area (Å²) < 4.78 is 20.0. The number of halogens is 2. The molecule has 1 N–H and O–H groups in total. The lowest BCUT2D eigenvalue weighted by Gasteiger charge is -2.12. The van der Waals surface area contributed by atoms with Crippen LogP contribution in [0.15, 0.2) is 41.0 Å². The lowest BCUT2D eigenvalue weighted by atomic mass is 10.2. The van der Waals surface area contributed by atoms with Crippen molar-refractivity contribution in [1.29, 1.82) is 0 Å². The highest BCUT2D eigenvalue weighted by Gasteiger charge is 2.10. The Morgan fingerprint density at radius 1 is 1.33 bits per heavy atom. The van der Waals surface area contributed by atoms with Crippen molar-refractivity contribution in [3.8, 4) is 11.6 Å². The Kier molecular flexibility index (Phi) is 5.70. The van der Waals surface area contributed by atoms with E-state index in [-0.39, 0.29) is 5.82 Å². The zero-order valence-electron chi connectivity index (χ0n) is 12.1. The van der Waals surface area contributed by atoms with E-state index in [1.54, 1.807) is 0 Å². The minimum Gasteiger partial charge on any atom is -0.438 e. The number of para-hydroxylation sites is 1. The van der Waals surface area contributed by atoms with Gasteiger partial charge in [-0.3, -0.25) is 0 Å². The number of nitrogens with zero attached hydrogens (tertiary/aromatic N) is 1. The molecule has 21 heavy (non-hydrogen) atoms. The molecule has 1 aromatic carbocycles. The van der Waals surface area contributed by atoms with Gasteiger partial charge in [0.15, 0.2) is 0 Å². The van der Waals surface area contributed by atoms with E-state index in [0.717, 1.165) is 17.2 Å². The average molecular weight is 353 g/mol. The van der Waals surface area contributed by atoms with Crippen molar-refractivity contribution >= 4 is 15.9 Å². The number of pyridine rings is 1. The van der Waals surface area contributed by atoms with E-state index in [1.807, 2.05) is 24.3 Å². The summed E-state index contributed by atoms with van der Waals surface area (Å²) >= 11 is 3.42. The minimum absolute atomic E-state index is 0.365. The van der Waals surface area contributed by atoms with Crippen LogP contribution in [0.25, 0.3) is 0 Å². The van der Waals surface area contributed by atoms with E-state index >= 15 is 0 Å². The summed E-state index contributed by atoms with van der Waals surface area (Å²) in [7, 11) is 0. The van der Waals surface area contributed by atoms with Crippen LogP contribution in [-0.2, 0) is 6.54 Å². The van der Waals surface area contributed by atoms with Crippen molar-refractivity contribution in [2.24, 2.45) is 5.92 Å². The van der Waals surface area contributed by atoms with Crippen LogP contribution in [0, 0.1) is 11.7 Å². The maximum atomic E-state index is 13.4. The fraction of sp³-hybridized carbons (Fsp3) is 0.312. The van der Waals surface area contributed by atoms with Crippen LogP contribution in [0.1, 0.15) is 19.4 Å². The van der Waals surface area contributed by atoms with E-state index < -0.39 is 0 Å². The van der Waals surface area contributed by atoms with Crippen LogP contribution >= 0.6 is 15.9 Å². The van der Waals surface area contributed by atoms with E-state index in [1.165, 1.54) is 6.07 Å². The largest absolute Gasteiger partial charge is 0.438 e. The predicted molar refractivity (Wildman–Crippen MR) is 85.0 cm³/mol. The standard InChI is InChI=1S/C16H18BrFN2O/c1-11(2)8-19-9-12-7-13(18)10-20-16(12)21-15-6-4-3-5-14(15)17/h3-7,10-11,19H,8-9H2,1-2H3. The fourth-order valence-corrected chi connectivity index (χ4v) is 2.18. The topological polar surface area (TPSA) is 34.2 Å². The van der Waals surface area contributed by atoms with Gasteiger partial charge in [0.25, 0.3) is 0 Å². The third-order valence-corrected chi connectivity index (χ3v) is 3.46. The van der Waals surface area contributed by atoms with Crippen LogP contribution in [0.2, 0.25) is 0 Å². The fourth-order valence-electron chi connectivity index (χ4n) is 1.81. The normalized spacial score (nSPS) is 10.9. The van der Waals surface area contributed by atoms with Crippen LogP contribution in [0.5, 0.6) is 11.6 Å². The smallest absolute Gasteiger partial charge is 0.223 e. The van der Waals surface area contributed by atoms with Gasteiger partial charge in [-0.05, 0) is 46.6 Å². The number of hydrogen-bond donors (Lipinski definition) is 1. The van der Waals surface area contributed by atoms with Crippen LogP contribution in [-0.4, -0.2) is 11.5 Å². The lowest BCUT2D eigenvalue weighted by molar-refractivity contribution is 0.443. The van der Waals surface area contributed by atoms with Crippen molar-refractivity contribution in [2.45, 2.75) is 20.4 Å². The highest BCUT2D eigenvalue weighted by atomic mass is 79.9. The molecule has 0 amide bonds. The van der Waals surface area contributed by atoms with Gasteiger partial charge in [-0.1, -0.05) is 26.0 Å². The number of nitrogens with one attached hydrogen (secondary N) is 1. The number of hydrogen-bond acceptors (Lipinski definition) is 3. The first kappa shape index (κ1) is 15.9. The molecule has 1 heterocycles. The molecule has 0 saturated carbocycles. The summed E-state index contributed by atoms with van der Waals surface area (Å²) in [6.07, 6.45) is 1.16. The summed E-state index contributed by atoms with van der Waals surface area (Å²) in [4.78, 5) is 4.05. The van der Waals surface area contributed by atoms with E-state index in [2.05, 4.69) is 40.1 Å². The maximum Gasteiger partial charge on any atom is 0.223 e. The van der Waals surface area contributed by atoms with E-state index in [4.69, 9.17) is 4.74 Å². The molecule has 2 rings (SSSR count). The van der Waals surface area contributed by atoms with Gasteiger partial charge < -0.3 is 10.1 Å². The molecule has 0 atom stereocenters. The zero-order chi connectivity index (χ0) is 15.2. The van der Waals surface area contributed by atoms with E-state index in [9.17, 15) is 4.39 Å². The second-order valence-electron chi connectivity index (χ2n) is 5.18. The van der Waals surface area contributed by atoms with Crippen molar-refractivity contribution in [2.75, 3.05) is 6.54 Å². The predicted octanol–water partition coefficient (Wildman–Crippen LogP) is 4.52. The number of aromatic nitrogens is 1. The Labute approximate surface area is 132 Å². The number of ether oxygens (including phenoxy) is 1. The molecule has 0 unspecified atom stereocenters. The summed E-state index contributed by atoms with van der Waals surface area (Å²) in [6.45, 7) is 5.61. The molecule has 1 aromatic heterocycles. The Morgan fingerprint density at radius 3 is 2.81 bits per heavy atom. The number of benzene rings is 1. The van der Waals surface area contributed by atoms with Gasteiger partial charge in [-0.25, -0.2) is 9.37 Å². The van der Waals surface area contributed by atoms with Gasteiger partial charge in [0.1, 0.15) is 11.6 Å². The molecule has 3 nitrogen and oxygen atoms in total. The Morgan fingerprint density at radius 2 is 2.10 bits per heavy atom. The average Bonchev–Trinajstić information content (AvgIpc) is 2.43. The molecule has 0 saturated heterocycles. The van der Waals surface area contributed by atoms with Crippen molar-refractivity contribution in [1.82, 2.24) is 10.3 Å².